The van der Waals surface area contributed by atoms with Gasteiger partial charge < -0.3 is 20.3 Å². The molecular weight excluding hydrogens is 861 g/mol. The fourth-order valence-corrected chi connectivity index (χ4v) is 11.4. The third-order valence-corrected chi connectivity index (χ3v) is 15.5. The van der Waals surface area contributed by atoms with E-state index in [2.05, 4.69) is 215 Å². The lowest BCUT2D eigenvalue weighted by atomic mass is 9.68. The molecule has 3 unspecified atom stereocenters. The van der Waals surface area contributed by atoms with Crippen LogP contribution in [-0.2, 0) is 0 Å². The fourth-order valence-electron chi connectivity index (χ4n) is 11.4. The van der Waals surface area contributed by atoms with Gasteiger partial charge in [-0.05, 0) is 172 Å². The Morgan fingerprint density at radius 1 is 0.606 bits per heavy atom. The Labute approximate surface area is 417 Å². The van der Waals surface area contributed by atoms with Crippen molar-refractivity contribution >= 4 is 66.2 Å². The molecule has 71 heavy (non-hydrogen) atoms. The van der Waals surface area contributed by atoms with Gasteiger partial charge in [0.05, 0.1) is 27.8 Å². The lowest BCUT2D eigenvalue weighted by Crippen LogP contribution is -2.18. The maximum Gasteiger partial charge on any atom is 0.0612 e. The molecule has 8 aromatic carbocycles. The Hall–Kier alpha value is -8.21. The molecule has 1 aliphatic carbocycles. The highest BCUT2D eigenvalue weighted by Crippen LogP contribution is 2.56. The number of nitrogens with two attached hydrogens (primary N) is 1. The molecule has 0 bridgehead atoms. The van der Waals surface area contributed by atoms with E-state index in [0.29, 0.717) is 5.71 Å². The van der Waals surface area contributed by atoms with Crippen LogP contribution in [0.3, 0.4) is 0 Å². The van der Waals surface area contributed by atoms with E-state index in [-0.39, 0.29) is 17.8 Å². The van der Waals surface area contributed by atoms with Gasteiger partial charge in [0.2, 0.25) is 0 Å². The summed E-state index contributed by atoms with van der Waals surface area (Å²) in [6, 6.07) is 60.7. The van der Waals surface area contributed by atoms with Crippen LogP contribution in [0.1, 0.15) is 103 Å². The first-order chi connectivity index (χ1) is 34.5. The molecule has 0 amide bonds. The highest BCUT2D eigenvalue weighted by Gasteiger charge is 2.37. The van der Waals surface area contributed by atoms with Gasteiger partial charge in [0, 0.05) is 44.2 Å². The number of benzene rings is 8. The molecule has 3 N–H and O–H groups in total. The van der Waals surface area contributed by atoms with E-state index in [1.165, 1.54) is 77.2 Å². The van der Waals surface area contributed by atoms with Crippen LogP contribution in [0.15, 0.2) is 201 Å². The van der Waals surface area contributed by atoms with Crippen LogP contribution in [0, 0.1) is 12.3 Å². The first-order valence-electron chi connectivity index (χ1n) is 25.1. The van der Waals surface area contributed by atoms with Gasteiger partial charge >= 0.3 is 0 Å². The molecule has 348 valence electrons. The number of allylic oxidation sites excluding steroid dienone is 6. The number of para-hydroxylation sites is 2. The normalized spacial score (nSPS) is 15.5. The third kappa shape index (κ3) is 7.66. The number of nitrogens with one attached hydrogen (secondary N) is 1. The number of hydrogen-bond donors (Lipinski definition) is 2. The van der Waals surface area contributed by atoms with Crippen LogP contribution in [0.4, 0.5) is 0 Å². The number of aryl methyl sites for hydroxylation is 1. The summed E-state index contributed by atoms with van der Waals surface area (Å²) in [4.78, 5) is 0. The monoisotopic (exact) mass is 920 g/mol. The van der Waals surface area contributed by atoms with Crippen LogP contribution in [0.25, 0.3) is 83.0 Å². The minimum absolute atomic E-state index is 0.190. The summed E-state index contributed by atoms with van der Waals surface area (Å²) in [6.45, 7) is 18.4. The summed E-state index contributed by atoms with van der Waals surface area (Å²) >= 11 is 0. The minimum Gasteiger partial charge on any atom is -0.398 e. The van der Waals surface area contributed by atoms with Gasteiger partial charge in [-0.15, -0.1) is 0 Å². The standard InChI is InChI=1S/C67H60N4/c1-8-41(2)63-65-53(40-57-55-39-50(59(69)34-30-43(4)48-23-15-10-16-24-48)32-36-61(55)70(66(57)63)51-25-17-11-18-26-51)45(6)46(7)64-62(65)44(5)37-56-54-38-49(58(68)33-29-42(3)47-21-13-9-14-22-47)31-35-60(54)71(67(56)64)52-27-19-12-20-28-52/h9-41,45-46,68H,3,8,69H2,1-2,4-7H3/b33-29-,43-30+,59-34-,68-58?. The average Bonchev–Trinajstić information content (AvgIpc) is 3.92. The molecular formula is C67H60N4. The van der Waals surface area contributed by atoms with Gasteiger partial charge in [-0.2, -0.15) is 0 Å². The predicted molar refractivity (Wildman–Crippen MR) is 305 cm³/mol. The fraction of sp³-hybridized carbons (Fsp3) is 0.149. The molecule has 0 aliphatic heterocycles. The zero-order chi connectivity index (χ0) is 49.1. The number of aromatic nitrogens is 2. The molecule has 4 heteroatoms. The van der Waals surface area contributed by atoms with Crippen molar-refractivity contribution in [2.45, 2.75) is 65.7 Å². The number of rotatable bonds is 11. The second kappa shape index (κ2) is 18.3. The lowest BCUT2D eigenvalue weighted by Gasteiger charge is -2.36. The second-order valence-corrected chi connectivity index (χ2v) is 19.7. The molecule has 10 aromatic rings. The quantitative estimate of drug-likeness (QED) is 0.0985. The van der Waals surface area contributed by atoms with E-state index >= 15 is 0 Å². The van der Waals surface area contributed by atoms with Crippen LogP contribution in [0.2, 0.25) is 0 Å². The SMILES string of the molecule is C=C(/C=C\C(=N)c1ccc2c(c1)c1cc(C)c3c(c1n2-c1ccccc1)C(C)C(C)c1cc2c4cc(/C(N)=C/C=C(\C)c5ccccc5)ccc4n(-c4ccccc4)c2c(C(C)CC)c1-3)c1ccccc1. The predicted octanol–water partition coefficient (Wildman–Crippen LogP) is 17.6. The summed E-state index contributed by atoms with van der Waals surface area (Å²) in [7, 11) is 0. The summed E-state index contributed by atoms with van der Waals surface area (Å²) < 4.78 is 5.02. The molecule has 0 radical (unpaired) electrons. The van der Waals surface area contributed by atoms with Gasteiger partial charge in [-0.3, -0.25) is 0 Å². The van der Waals surface area contributed by atoms with Crippen molar-refractivity contribution < 1.29 is 0 Å². The van der Waals surface area contributed by atoms with Crippen molar-refractivity contribution in [3.63, 3.8) is 0 Å². The van der Waals surface area contributed by atoms with Crippen molar-refractivity contribution in [2.24, 2.45) is 5.73 Å². The van der Waals surface area contributed by atoms with Crippen LogP contribution >= 0.6 is 0 Å². The van der Waals surface area contributed by atoms with Crippen molar-refractivity contribution in [2.75, 3.05) is 0 Å². The molecule has 2 aromatic heterocycles. The van der Waals surface area contributed by atoms with Crippen LogP contribution in [-0.4, -0.2) is 14.8 Å². The van der Waals surface area contributed by atoms with Crippen LogP contribution in [0.5, 0.6) is 0 Å². The molecule has 0 saturated heterocycles. The van der Waals surface area contributed by atoms with E-state index in [1.807, 2.05) is 36.4 Å². The lowest BCUT2D eigenvalue weighted by molar-refractivity contribution is 0.615. The second-order valence-electron chi connectivity index (χ2n) is 19.7. The maximum atomic E-state index is 9.29. The number of fused-ring (bicyclic) bond motifs is 10. The Morgan fingerprint density at radius 3 is 1.75 bits per heavy atom. The molecule has 0 fully saturated rings. The van der Waals surface area contributed by atoms with Gasteiger partial charge in [-0.1, -0.05) is 156 Å². The largest absolute Gasteiger partial charge is 0.398 e. The Morgan fingerprint density at radius 2 is 1.14 bits per heavy atom. The number of hydrogen-bond acceptors (Lipinski definition) is 2. The van der Waals surface area contributed by atoms with E-state index in [4.69, 9.17) is 5.73 Å². The summed E-state index contributed by atoms with van der Waals surface area (Å²) in [6.07, 6.45) is 9.01. The average molecular weight is 921 g/mol. The van der Waals surface area contributed by atoms with E-state index in [0.717, 1.165) is 56.7 Å². The molecule has 0 spiro atoms. The Bertz CT molecular complexity index is 3830. The van der Waals surface area contributed by atoms with Gasteiger partial charge in [0.1, 0.15) is 0 Å². The molecule has 11 rings (SSSR count). The Kier molecular flexibility index (Phi) is 11.6. The summed E-state index contributed by atoms with van der Waals surface area (Å²) in [5.74, 6) is 0.644. The molecule has 4 nitrogen and oxygen atoms in total. The molecule has 2 heterocycles. The molecule has 3 atom stereocenters. The van der Waals surface area contributed by atoms with E-state index in [1.54, 1.807) is 0 Å². The van der Waals surface area contributed by atoms with Gasteiger partial charge in [0.25, 0.3) is 0 Å². The smallest absolute Gasteiger partial charge is 0.0612 e. The van der Waals surface area contributed by atoms with E-state index < -0.39 is 0 Å². The first kappa shape index (κ1) is 45.2. The highest BCUT2D eigenvalue weighted by atomic mass is 15.0. The zero-order valence-corrected chi connectivity index (χ0v) is 41.6. The first-order valence-corrected chi connectivity index (χ1v) is 25.1. The zero-order valence-electron chi connectivity index (χ0n) is 41.6. The van der Waals surface area contributed by atoms with Crippen molar-refractivity contribution in [1.82, 2.24) is 9.13 Å². The molecule has 1 aliphatic rings. The van der Waals surface area contributed by atoms with Crippen LogP contribution < -0.4 is 5.73 Å². The maximum absolute atomic E-state index is 9.29. The van der Waals surface area contributed by atoms with Crippen molar-refractivity contribution in [3.05, 3.63) is 245 Å². The van der Waals surface area contributed by atoms with E-state index in [9.17, 15) is 5.41 Å². The Balaban J connectivity index is 1.17. The van der Waals surface area contributed by atoms with Crippen molar-refractivity contribution in [3.8, 4) is 22.5 Å². The van der Waals surface area contributed by atoms with Gasteiger partial charge in [0.15, 0.2) is 0 Å². The van der Waals surface area contributed by atoms with Gasteiger partial charge in [-0.25, -0.2) is 0 Å². The number of nitrogens with zero attached hydrogens (tertiary/aromatic N) is 2. The van der Waals surface area contributed by atoms with Crippen molar-refractivity contribution in [1.29, 1.82) is 5.41 Å². The minimum atomic E-state index is 0.190. The summed E-state index contributed by atoms with van der Waals surface area (Å²) in [5, 5.41) is 14.1. The highest BCUT2D eigenvalue weighted by molar-refractivity contribution is 6.18. The third-order valence-electron chi connectivity index (χ3n) is 15.5. The summed E-state index contributed by atoms with van der Waals surface area (Å²) in [5.41, 5.74) is 29.6. The topological polar surface area (TPSA) is 59.7 Å². The molecule has 0 saturated carbocycles.